The van der Waals surface area contributed by atoms with Crippen molar-refractivity contribution in [3.8, 4) is 5.75 Å². The molecule has 6 nitrogen and oxygen atoms in total. The lowest BCUT2D eigenvalue weighted by Gasteiger charge is -2.20. The zero-order chi connectivity index (χ0) is 20.8. The summed E-state index contributed by atoms with van der Waals surface area (Å²) in [5, 5.41) is 5.86. The number of carbonyl (C=O) groups is 2. The van der Waals surface area contributed by atoms with Crippen LogP contribution in [0.25, 0.3) is 0 Å². The molecule has 1 heterocycles. The molecule has 0 atom stereocenters. The van der Waals surface area contributed by atoms with E-state index in [1.807, 2.05) is 19.9 Å². The Hall–Kier alpha value is -2.89. The maximum absolute atomic E-state index is 12.6. The van der Waals surface area contributed by atoms with Crippen molar-refractivity contribution < 1.29 is 14.3 Å². The number of ether oxygens (including phenoxy) is 1. The Morgan fingerprint density at radius 1 is 1.17 bits per heavy atom. The smallest absolute Gasteiger partial charge is 0.251 e. The van der Waals surface area contributed by atoms with Crippen LogP contribution in [-0.2, 0) is 11.3 Å². The molecule has 1 aliphatic carbocycles. The molecule has 1 saturated carbocycles. The van der Waals surface area contributed by atoms with Crippen LogP contribution in [0.4, 0.5) is 5.69 Å². The molecule has 6 heteroatoms. The Morgan fingerprint density at radius 3 is 2.66 bits per heavy atom. The number of hydrogen-bond acceptors (Lipinski definition) is 4. The molecule has 2 aromatic rings. The van der Waals surface area contributed by atoms with Gasteiger partial charge in [0.25, 0.3) is 5.91 Å². The predicted molar refractivity (Wildman–Crippen MR) is 113 cm³/mol. The maximum atomic E-state index is 12.6. The summed E-state index contributed by atoms with van der Waals surface area (Å²) in [6, 6.07) is 7.05. The number of aryl methyl sites for hydroxylation is 1. The number of nitrogens with one attached hydrogen (secondary N) is 2. The molecule has 0 saturated heterocycles. The summed E-state index contributed by atoms with van der Waals surface area (Å²) < 4.78 is 5.42. The van der Waals surface area contributed by atoms with Crippen LogP contribution >= 0.6 is 0 Å². The quantitative estimate of drug-likeness (QED) is 0.770. The van der Waals surface area contributed by atoms with Gasteiger partial charge in [0.15, 0.2) is 0 Å². The molecular formula is C23H29N3O3. The van der Waals surface area contributed by atoms with Gasteiger partial charge in [-0.15, -0.1) is 0 Å². The molecule has 1 aliphatic rings. The van der Waals surface area contributed by atoms with Gasteiger partial charge in [0.05, 0.1) is 19.3 Å². The fourth-order valence-electron chi connectivity index (χ4n) is 3.86. The van der Waals surface area contributed by atoms with Gasteiger partial charge in [-0.05, 0) is 44.9 Å². The van der Waals surface area contributed by atoms with Crippen molar-refractivity contribution in [3.63, 3.8) is 0 Å². The third-order valence-electron chi connectivity index (χ3n) is 5.53. The van der Waals surface area contributed by atoms with Crippen LogP contribution in [0, 0.1) is 19.8 Å². The molecule has 1 fully saturated rings. The Morgan fingerprint density at radius 2 is 1.93 bits per heavy atom. The summed E-state index contributed by atoms with van der Waals surface area (Å²) in [6.45, 7) is 4.18. The molecule has 0 bridgehead atoms. The van der Waals surface area contributed by atoms with Gasteiger partial charge in [-0.2, -0.15) is 0 Å². The van der Waals surface area contributed by atoms with Crippen LogP contribution in [0.2, 0.25) is 0 Å². The van der Waals surface area contributed by atoms with E-state index in [4.69, 9.17) is 4.74 Å². The summed E-state index contributed by atoms with van der Waals surface area (Å²) in [5.74, 6) is 0.705. The van der Waals surface area contributed by atoms with Gasteiger partial charge in [-0.3, -0.25) is 14.6 Å². The Bertz CT molecular complexity index is 889. The van der Waals surface area contributed by atoms with Crippen molar-refractivity contribution in [2.45, 2.75) is 52.5 Å². The third-order valence-corrected chi connectivity index (χ3v) is 5.53. The zero-order valence-electron chi connectivity index (χ0n) is 17.4. The molecule has 0 aliphatic heterocycles. The van der Waals surface area contributed by atoms with E-state index in [9.17, 15) is 9.59 Å². The maximum Gasteiger partial charge on any atom is 0.251 e. The number of anilines is 1. The molecule has 0 unspecified atom stereocenters. The molecule has 1 aromatic heterocycles. The first-order valence-corrected chi connectivity index (χ1v) is 10.2. The van der Waals surface area contributed by atoms with Crippen molar-refractivity contribution in [1.29, 1.82) is 0 Å². The SMILES string of the molecule is COc1c(C)cnc(CNC(=O)c2cccc(NC(=O)C3CCCCC3)c2)c1C. The van der Waals surface area contributed by atoms with Crippen molar-refractivity contribution >= 4 is 17.5 Å². The van der Waals surface area contributed by atoms with Crippen LogP contribution in [0.15, 0.2) is 30.5 Å². The monoisotopic (exact) mass is 395 g/mol. The van der Waals surface area contributed by atoms with E-state index in [-0.39, 0.29) is 17.7 Å². The normalized spacial score (nSPS) is 14.3. The Labute approximate surface area is 172 Å². The topological polar surface area (TPSA) is 80.3 Å². The van der Waals surface area contributed by atoms with Gasteiger partial charge in [0, 0.05) is 34.5 Å². The number of methoxy groups -OCH3 is 1. The molecular weight excluding hydrogens is 366 g/mol. The number of aromatic nitrogens is 1. The van der Waals surface area contributed by atoms with Crippen molar-refractivity contribution in [1.82, 2.24) is 10.3 Å². The minimum Gasteiger partial charge on any atom is -0.496 e. The highest BCUT2D eigenvalue weighted by atomic mass is 16.5. The molecule has 3 rings (SSSR count). The fourth-order valence-corrected chi connectivity index (χ4v) is 3.86. The van der Waals surface area contributed by atoms with E-state index in [1.54, 1.807) is 31.5 Å². The van der Waals surface area contributed by atoms with Crippen LogP contribution in [-0.4, -0.2) is 23.9 Å². The van der Waals surface area contributed by atoms with E-state index in [0.717, 1.165) is 48.3 Å². The van der Waals surface area contributed by atoms with Crippen molar-refractivity contribution in [2.24, 2.45) is 5.92 Å². The van der Waals surface area contributed by atoms with E-state index < -0.39 is 0 Å². The van der Waals surface area contributed by atoms with Crippen LogP contribution in [0.1, 0.15) is 59.3 Å². The number of rotatable bonds is 6. The molecule has 29 heavy (non-hydrogen) atoms. The fraction of sp³-hybridized carbons (Fsp3) is 0.435. The first-order chi connectivity index (χ1) is 14.0. The second kappa shape index (κ2) is 9.54. The van der Waals surface area contributed by atoms with Crippen LogP contribution in [0.5, 0.6) is 5.75 Å². The molecule has 0 spiro atoms. The minimum atomic E-state index is -0.209. The van der Waals surface area contributed by atoms with E-state index in [0.29, 0.717) is 17.8 Å². The Kier molecular flexibility index (Phi) is 6.86. The standard InChI is InChI=1S/C23H29N3O3/c1-15-13-24-20(16(2)21(15)29-3)14-25-22(27)18-10-7-11-19(12-18)26-23(28)17-8-5-4-6-9-17/h7,10-13,17H,4-6,8-9,14H2,1-3H3,(H,25,27)(H,26,28). The van der Waals surface area contributed by atoms with Crippen LogP contribution in [0.3, 0.4) is 0 Å². The number of hydrogen-bond donors (Lipinski definition) is 2. The highest BCUT2D eigenvalue weighted by Gasteiger charge is 2.21. The molecule has 154 valence electrons. The van der Waals surface area contributed by atoms with E-state index >= 15 is 0 Å². The van der Waals surface area contributed by atoms with Gasteiger partial charge in [-0.25, -0.2) is 0 Å². The number of nitrogens with zero attached hydrogens (tertiary/aromatic N) is 1. The lowest BCUT2D eigenvalue weighted by Crippen LogP contribution is -2.26. The summed E-state index contributed by atoms with van der Waals surface area (Å²) >= 11 is 0. The van der Waals surface area contributed by atoms with Gasteiger partial charge in [0.2, 0.25) is 5.91 Å². The second-order valence-corrected chi connectivity index (χ2v) is 7.63. The van der Waals surface area contributed by atoms with Gasteiger partial charge in [0.1, 0.15) is 5.75 Å². The largest absolute Gasteiger partial charge is 0.496 e. The Balaban J connectivity index is 1.63. The van der Waals surface area contributed by atoms with Gasteiger partial charge in [-0.1, -0.05) is 25.3 Å². The highest BCUT2D eigenvalue weighted by molar-refractivity contribution is 5.97. The summed E-state index contributed by atoms with van der Waals surface area (Å²) in [5.41, 5.74) is 3.80. The summed E-state index contributed by atoms with van der Waals surface area (Å²) in [4.78, 5) is 29.5. The molecule has 0 radical (unpaired) electrons. The first-order valence-electron chi connectivity index (χ1n) is 10.2. The molecule has 1 aromatic carbocycles. The average molecular weight is 396 g/mol. The number of carbonyl (C=O) groups excluding carboxylic acids is 2. The summed E-state index contributed by atoms with van der Waals surface area (Å²) in [6.07, 6.45) is 7.06. The minimum absolute atomic E-state index is 0.0498. The highest BCUT2D eigenvalue weighted by Crippen LogP contribution is 2.25. The summed E-state index contributed by atoms with van der Waals surface area (Å²) in [7, 11) is 1.63. The van der Waals surface area contributed by atoms with Crippen molar-refractivity contribution in [3.05, 3.63) is 52.8 Å². The van der Waals surface area contributed by atoms with Crippen molar-refractivity contribution in [2.75, 3.05) is 12.4 Å². The lowest BCUT2D eigenvalue weighted by molar-refractivity contribution is -0.120. The lowest BCUT2D eigenvalue weighted by atomic mass is 9.88. The van der Waals surface area contributed by atoms with Crippen LogP contribution < -0.4 is 15.4 Å². The zero-order valence-corrected chi connectivity index (χ0v) is 17.4. The van der Waals surface area contributed by atoms with E-state index in [1.165, 1.54) is 6.42 Å². The molecule has 2 N–H and O–H groups in total. The van der Waals surface area contributed by atoms with E-state index in [2.05, 4.69) is 15.6 Å². The number of pyridine rings is 1. The van der Waals surface area contributed by atoms with Gasteiger partial charge < -0.3 is 15.4 Å². The number of benzene rings is 1. The first kappa shape index (κ1) is 20.8. The second-order valence-electron chi connectivity index (χ2n) is 7.63. The predicted octanol–water partition coefficient (Wildman–Crippen LogP) is 4.16. The third kappa shape index (κ3) is 5.13. The van der Waals surface area contributed by atoms with Gasteiger partial charge >= 0.3 is 0 Å². The molecule has 2 amide bonds. The number of amides is 2. The average Bonchev–Trinajstić information content (AvgIpc) is 2.74.